The van der Waals surface area contributed by atoms with Gasteiger partial charge in [0.1, 0.15) is 11.6 Å². The summed E-state index contributed by atoms with van der Waals surface area (Å²) in [6.07, 6.45) is 0. The van der Waals surface area contributed by atoms with Crippen molar-refractivity contribution in [2.24, 2.45) is 0 Å². The normalized spacial score (nSPS) is 18.5. The summed E-state index contributed by atoms with van der Waals surface area (Å²) in [6, 6.07) is 4.25. The first kappa shape index (κ1) is 17.9. The van der Waals surface area contributed by atoms with Crippen molar-refractivity contribution in [2.45, 2.75) is 12.6 Å². The van der Waals surface area contributed by atoms with Crippen LogP contribution in [0.1, 0.15) is 17.8 Å². The summed E-state index contributed by atoms with van der Waals surface area (Å²) >= 11 is 5.70. The van der Waals surface area contributed by atoms with Gasteiger partial charge in [0.25, 0.3) is 5.89 Å². The smallest absolute Gasteiger partial charge is 0.264 e. The van der Waals surface area contributed by atoms with Gasteiger partial charge >= 0.3 is 0 Å². The average molecular weight is 363 g/mol. The second kappa shape index (κ2) is 7.92. The van der Waals surface area contributed by atoms with Crippen molar-refractivity contribution < 1.29 is 13.7 Å². The standard InChI is InChI=1S/C14H16ClFN4O2.ClH/c1-20-5-4-17-7-12(20)14-18-13(22-19-14)8-21-9-2-3-11(16)10(15)6-9;/h2-3,6,12,17H,4-5,7-8H2,1H3;1H. The first-order valence-corrected chi connectivity index (χ1v) is 7.32. The molecule has 1 aliphatic heterocycles. The first-order valence-electron chi connectivity index (χ1n) is 6.95. The Bertz CT molecular complexity index is 655. The van der Waals surface area contributed by atoms with Gasteiger partial charge in [-0.15, -0.1) is 12.4 Å². The van der Waals surface area contributed by atoms with Crippen LogP contribution in [0, 0.1) is 5.82 Å². The number of nitrogens with one attached hydrogen (secondary N) is 1. The van der Waals surface area contributed by atoms with E-state index in [0.717, 1.165) is 19.6 Å². The highest BCUT2D eigenvalue weighted by Crippen LogP contribution is 2.22. The zero-order valence-electron chi connectivity index (χ0n) is 12.5. The predicted octanol–water partition coefficient (Wildman–Crippen LogP) is 2.44. The van der Waals surface area contributed by atoms with Crippen LogP contribution in [0.4, 0.5) is 4.39 Å². The summed E-state index contributed by atoms with van der Waals surface area (Å²) in [6.45, 7) is 2.77. The molecule has 1 fully saturated rings. The van der Waals surface area contributed by atoms with E-state index in [1.807, 2.05) is 7.05 Å². The minimum absolute atomic E-state index is 0. The van der Waals surface area contributed by atoms with Gasteiger partial charge < -0.3 is 14.6 Å². The predicted molar refractivity (Wildman–Crippen MR) is 85.5 cm³/mol. The van der Waals surface area contributed by atoms with Crippen LogP contribution >= 0.6 is 24.0 Å². The fourth-order valence-electron chi connectivity index (χ4n) is 2.27. The Morgan fingerprint density at radius 1 is 1.52 bits per heavy atom. The van der Waals surface area contributed by atoms with Gasteiger partial charge in [-0.05, 0) is 19.2 Å². The number of rotatable bonds is 4. The summed E-state index contributed by atoms with van der Waals surface area (Å²) in [7, 11) is 2.03. The van der Waals surface area contributed by atoms with Crippen LogP contribution in [0.25, 0.3) is 0 Å². The highest BCUT2D eigenvalue weighted by Gasteiger charge is 2.25. The molecule has 1 aromatic carbocycles. The number of halogens is 3. The Labute approximate surface area is 144 Å². The number of likely N-dealkylation sites (N-methyl/N-ethyl adjacent to an activating group) is 1. The summed E-state index contributed by atoms with van der Waals surface area (Å²) in [4.78, 5) is 6.52. The monoisotopic (exact) mass is 362 g/mol. The lowest BCUT2D eigenvalue weighted by molar-refractivity contribution is 0.189. The fourth-order valence-corrected chi connectivity index (χ4v) is 2.44. The minimum atomic E-state index is -0.484. The second-order valence-corrected chi connectivity index (χ2v) is 5.52. The van der Waals surface area contributed by atoms with E-state index in [9.17, 15) is 4.39 Å². The third-order valence-corrected chi connectivity index (χ3v) is 3.84. The molecule has 0 radical (unpaired) electrons. The molecule has 0 saturated carbocycles. The molecule has 0 spiro atoms. The van der Waals surface area contributed by atoms with Crippen molar-refractivity contribution in [3.05, 3.63) is 40.8 Å². The lowest BCUT2D eigenvalue weighted by atomic mass is 10.2. The molecule has 1 aromatic heterocycles. The molecular formula is C14H17Cl2FN4O2. The van der Waals surface area contributed by atoms with E-state index in [0.29, 0.717) is 17.5 Å². The van der Waals surface area contributed by atoms with Crippen LogP contribution in [0.15, 0.2) is 22.7 Å². The summed E-state index contributed by atoms with van der Waals surface area (Å²) in [5, 5.41) is 7.31. The topological polar surface area (TPSA) is 63.4 Å². The van der Waals surface area contributed by atoms with Crippen LogP contribution in [0.5, 0.6) is 5.75 Å². The number of ether oxygens (including phenoxy) is 1. The Kier molecular flexibility index (Phi) is 6.17. The van der Waals surface area contributed by atoms with E-state index in [1.54, 1.807) is 0 Å². The number of benzene rings is 1. The molecule has 126 valence electrons. The summed E-state index contributed by atoms with van der Waals surface area (Å²) < 4.78 is 23.7. The molecule has 0 bridgehead atoms. The van der Waals surface area contributed by atoms with Crippen molar-refractivity contribution in [3.8, 4) is 5.75 Å². The molecule has 0 aliphatic carbocycles. The molecule has 0 amide bonds. The minimum Gasteiger partial charge on any atom is -0.484 e. The van der Waals surface area contributed by atoms with Crippen molar-refractivity contribution >= 4 is 24.0 Å². The molecule has 2 aromatic rings. The zero-order valence-corrected chi connectivity index (χ0v) is 14.0. The average Bonchev–Trinajstić information content (AvgIpc) is 2.98. The Morgan fingerprint density at radius 2 is 2.35 bits per heavy atom. The molecule has 1 atom stereocenters. The van der Waals surface area contributed by atoms with Gasteiger partial charge in [-0.2, -0.15) is 4.98 Å². The van der Waals surface area contributed by atoms with E-state index < -0.39 is 5.82 Å². The van der Waals surface area contributed by atoms with Gasteiger partial charge in [0.2, 0.25) is 0 Å². The maximum Gasteiger partial charge on any atom is 0.264 e. The maximum absolute atomic E-state index is 13.1. The first-order chi connectivity index (χ1) is 10.6. The fraction of sp³-hybridized carbons (Fsp3) is 0.429. The van der Waals surface area contributed by atoms with Crippen LogP contribution in [-0.4, -0.2) is 41.7 Å². The van der Waals surface area contributed by atoms with Crippen molar-refractivity contribution in [1.82, 2.24) is 20.4 Å². The number of nitrogens with zero attached hydrogens (tertiary/aromatic N) is 3. The molecule has 23 heavy (non-hydrogen) atoms. The highest BCUT2D eigenvalue weighted by molar-refractivity contribution is 6.30. The van der Waals surface area contributed by atoms with Crippen LogP contribution in [0.3, 0.4) is 0 Å². The van der Waals surface area contributed by atoms with E-state index in [1.165, 1.54) is 18.2 Å². The van der Waals surface area contributed by atoms with Crippen LogP contribution in [0.2, 0.25) is 5.02 Å². The quantitative estimate of drug-likeness (QED) is 0.900. The molecular weight excluding hydrogens is 346 g/mol. The molecule has 9 heteroatoms. The zero-order chi connectivity index (χ0) is 15.5. The Hall–Kier alpha value is -1.41. The second-order valence-electron chi connectivity index (χ2n) is 5.11. The van der Waals surface area contributed by atoms with E-state index in [-0.39, 0.29) is 30.1 Å². The third-order valence-electron chi connectivity index (χ3n) is 3.55. The molecule has 1 aliphatic rings. The van der Waals surface area contributed by atoms with Gasteiger partial charge in [-0.25, -0.2) is 4.39 Å². The van der Waals surface area contributed by atoms with Crippen molar-refractivity contribution in [1.29, 1.82) is 0 Å². The van der Waals surface area contributed by atoms with Gasteiger partial charge in [0.05, 0.1) is 11.1 Å². The number of hydrogen-bond donors (Lipinski definition) is 1. The van der Waals surface area contributed by atoms with Gasteiger partial charge in [0, 0.05) is 25.7 Å². The van der Waals surface area contributed by atoms with Gasteiger partial charge in [0.15, 0.2) is 12.4 Å². The van der Waals surface area contributed by atoms with Crippen molar-refractivity contribution in [2.75, 3.05) is 26.7 Å². The van der Waals surface area contributed by atoms with E-state index in [4.69, 9.17) is 20.9 Å². The molecule has 6 nitrogen and oxygen atoms in total. The van der Waals surface area contributed by atoms with Crippen molar-refractivity contribution in [3.63, 3.8) is 0 Å². The summed E-state index contributed by atoms with van der Waals surface area (Å²) in [5.74, 6) is 0.962. The third kappa shape index (κ3) is 4.32. The van der Waals surface area contributed by atoms with Crippen LogP contribution in [-0.2, 0) is 6.61 Å². The lowest BCUT2D eigenvalue weighted by Gasteiger charge is -2.30. The number of hydrogen-bond acceptors (Lipinski definition) is 6. The molecule has 3 rings (SSSR count). The maximum atomic E-state index is 13.1. The molecule has 1 N–H and O–H groups in total. The van der Waals surface area contributed by atoms with Gasteiger partial charge in [-0.1, -0.05) is 16.8 Å². The number of aromatic nitrogens is 2. The van der Waals surface area contributed by atoms with Gasteiger partial charge in [-0.3, -0.25) is 4.90 Å². The molecule has 2 heterocycles. The Balaban J connectivity index is 0.00000192. The highest BCUT2D eigenvalue weighted by atomic mass is 35.5. The molecule has 1 unspecified atom stereocenters. The van der Waals surface area contributed by atoms with Crippen LogP contribution < -0.4 is 10.1 Å². The molecule has 1 saturated heterocycles. The SMILES string of the molecule is CN1CCNCC1c1noc(COc2ccc(F)c(Cl)c2)n1.Cl. The summed E-state index contributed by atoms with van der Waals surface area (Å²) in [5.41, 5.74) is 0. The lowest BCUT2D eigenvalue weighted by Crippen LogP contribution is -2.44. The Morgan fingerprint density at radius 3 is 3.09 bits per heavy atom. The van der Waals surface area contributed by atoms with E-state index in [2.05, 4.69) is 20.4 Å². The number of piperazine rings is 1. The van der Waals surface area contributed by atoms with E-state index >= 15 is 0 Å². The largest absolute Gasteiger partial charge is 0.484 e.